The number of allylic oxidation sites excluding steroid dienone is 2. The van der Waals surface area contributed by atoms with Crippen molar-refractivity contribution in [2.75, 3.05) is 0 Å². The van der Waals surface area contributed by atoms with Crippen molar-refractivity contribution < 1.29 is 18.8 Å². The molecule has 0 spiro atoms. The maximum absolute atomic E-state index is 12.8. The quantitative estimate of drug-likeness (QED) is 0.723. The molecule has 0 radical (unpaired) electrons. The number of furan rings is 1. The molecule has 3 heterocycles. The van der Waals surface area contributed by atoms with Crippen molar-refractivity contribution in [2.45, 2.75) is 38.8 Å². The summed E-state index contributed by atoms with van der Waals surface area (Å²) in [5.74, 6) is -0.929. The van der Waals surface area contributed by atoms with Crippen LogP contribution in [0.5, 0.6) is 0 Å². The standard InChI is InChI=1S/C17H19N3O4/c1-17(2)6-8-11(9(21)7-17)12(10-4-3-5-24-10)13-14(18-8)19-16(23)20-15(13)22/h3-5,12-14,18H,6-7H2,1-2H3,(H2,19,20,22,23). The van der Waals surface area contributed by atoms with Gasteiger partial charge in [0.2, 0.25) is 5.91 Å². The average molecular weight is 329 g/mol. The highest BCUT2D eigenvalue weighted by Gasteiger charge is 2.51. The minimum Gasteiger partial charge on any atom is -0.469 e. The molecule has 3 amide bonds. The molecule has 1 saturated heterocycles. The van der Waals surface area contributed by atoms with Crippen LogP contribution in [-0.4, -0.2) is 23.9 Å². The molecule has 3 unspecified atom stereocenters. The van der Waals surface area contributed by atoms with Crippen LogP contribution in [0.15, 0.2) is 34.1 Å². The fourth-order valence-electron chi connectivity index (χ4n) is 4.06. The molecule has 3 atom stereocenters. The van der Waals surface area contributed by atoms with E-state index in [2.05, 4.69) is 16.0 Å². The Balaban J connectivity index is 1.86. The maximum Gasteiger partial charge on any atom is 0.323 e. The van der Waals surface area contributed by atoms with Gasteiger partial charge in [0.05, 0.1) is 18.1 Å². The van der Waals surface area contributed by atoms with Gasteiger partial charge in [0.15, 0.2) is 5.78 Å². The Morgan fingerprint density at radius 1 is 1.17 bits per heavy atom. The smallest absolute Gasteiger partial charge is 0.323 e. The number of imide groups is 1. The monoisotopic (exact) mass is 329 g/mol. The van der Waals surface area contributed by atoms with Gasteiger partial charge in [-0.3, -0.25) is 14.9 Å². The third kappa shape index (κ3) is 2.23. The second-order valence-electron chi connectivity index (χ2n) is 7.44. The topological polar surface area (TPSA) is 100 Å². The first-order chi connectivity index (χ1) is 11.4. The van der Waals surface area contributed by atoms with Crippen LogP contribution in [0.2, 0.25) is 0 Å². The second kappa shape index (κ2) is 4.96. The molecule has 1 aliphatic carbocycles. The van der Waals surface area contributed by atoms with Crippen LogP contribution in [0.25, 0.3) is 0 Å². The number of carbonyl (C=O) groups excluding carboxylic acids is 3. The highest BCUT2D eigenvalue weighted by molar-refractivity contribution is 6.03. The van der Waals surface area contributed by atoms with Gasteiger partial charge in [-0.1, -0.05) is 13.8 Å². The van der Waals surface area contributed by atoms with Crippen molar-refractivity contribution >= 4 is 17.7 Å². The predicted molar refractivity (Wildman–Crippen MR) is 83.6 cm³/mol. The summed E-state index contributed by atoms with van der Waals surface area (Å²) in [4.78, 5) is 37.0. The number of hydrogen-bond donors (Lipinski definition) is 3. The number of Topliss-reactive ketones (excluding diaryl/α,β-unsaturated/α-hetero) is 1. The molecule has 1 aromatic rings. The van der Waals surface area contributed by atoms with Gasteiger partial charge in [-0.25, -0.2) is 4.79 Å². The molecule has 0 aromatic carbocycles. The minimum atomic E-state index is -0.627. The van der Waals surface area contributed by atoms with Gasteiger partial charge >= 0.3 is 6.03 Å². The number of amides is 3. The van der Waals surface area contributed by atoms with Crippen LogP contribution in [0, 0.1) is 11.3 Å². The van der Waals surface area contributed by atoms with E-state index >= 15 is 0 Å². The van der Waals surface area contributed by atoms with Crippen LogP contribution in [0.1, 0.15) is 38.4 Å². The summed E-state index contributed by atoms with van der Waals surface area (Å²) < 4.78 is 5.54. The molecule has 3 aliphatic rings. The van der Waals surface area contributed by atoms with E-state index in [0.29, 0.717) is 24.2 Å². The van der Waals surface area contributed by atoms with Crippen LogP contribution in [0.4, 0.5) is 4.79 Å². The molecule has 7 heteroatoms. The Kier molecular flexibility index (Phi) is 3.10. The number of rotatable bonds is 1. The Labute approximate surface area is 138 Å². The number of hydrogen-bond acceptors (Lipinski definition) is 5. The van der Waals surface area contributed by atoms with E-state index in [9.17, 15) is 14.4 Å². The lowest BCUT2D eigenvalue weighted by Crippen LogP contribution is -2.66. The molecule has 7 nitrogen and oxygen atoms in total. The summed E-state index contributed by atoms with van der Waals surface area (Å²) in [5.41, 5.74) is 1.25. The minimum absolute atomic E-state index is 0.0262. The summed E-state index contributed by atoms with van der Waals surface area (Å²) in [6.45, 7) is 4.08. The van der Waals surface area contributed by atoms with E-state index < -0.39 is 29.9 Å². The molecule has 24 heavy (non-hydrogen) atoms. The summed E-state index contributed by atoms with van der Waals surface area (Å²) in [6.07, 6.45) is 2.09. The van der Waals surface area contributed by atoms with E-state index in [-0.39, 0.29) is 11.2 Å². The normalized spacial score (nSPS) is 31.6. The Bertz CT molecular complexity index is 763. The molecule has 1 fully saturated rings. The van der Waals surface area contributed by atoms with E-state index in [1.807, 2.05) is 13.8 Å². The van der Waals surface area contributed by atoms with Gasteiger partial charge in [-0.2, -0.15) is 0 Å². The van der Waals surface area contributed by atoms with Gasteiger partial charge in [0.25, 0.3) is 0 Å². The Morgan fingerprint density at radius 3 is 2.67 bits per heavy atom. The number of carbonyl (C=O) groups is 3. The lowest BCUT2D eigenvalue weighted by Gasteiger charge is -2.46. The lowest BCUT2D eigenvalue weighted by molar-refractivity contribution is -0.127. The first-order valence-electron chi connectivity index (χ1n) is 8.03. The first-order valence-corrected chi connectivity index (χ1v) is 8.03. The molecule has 126 valence electrons. The lowest BCUT2D eigenvalue weighted by atomic mass is 9.67. The van der Waals surface area contributed by atoms with Crippen LogP contribution < -0.4 is 16.0 Å². The molecular formula is C17H19N3O4. The van der Waals surface area contributed by atoms with E-state index in [4.69, 9.17) is 4.42 Å². The molecule has 1 aromatic heterocycles. The number of fused-ring (bicyclic) bond motifs is 1. The number of ketones is 1. The van der Waals surface area contributed by atoms with Gasteiger partial charge in [-0.15, -0.1) is 0 Å². The van der Waals surface area contributed by atoms with Crippen molar-refractivity contribution in [3.63, 3.8) is 0 Å². The molecule has 2 aliphatic heterocycles. The summed E-state index contributed by atoms with van der Waals surface area (Å²) in [6, 6.07) is 2.98. The van der Waals surface area contributed by atoms with Crippen molar-refractivity contribution in [1.29, 1.82) is 0 Å². The Hall–Kier alpha value is -2.57. The van der Waals surface area contributed by atoms with Gasteiger partial charge in [0, 0.05) is 17.7 Å². The molecule has 0 bridgehead atoms. The highest BCUT2D eigenvalue weighted by atomic mass is 16.3. The fourth-order valence-corrected chi connectivity index (χ4v) is 4.06. The van der Waals surface area contributed by atoms with Crippen molar-refractivity contribution in [3.05, 3.63) is 35.4 Å². The van der Waals surface area contributed by atoms with Crippen molar-refractivity contribution in [2.24, 2.45) is 11.3 Å². The van der Waals surface area contributed by atoms with Gasteiger partial charge < -0.3 is 15.1 Å². The molecule has 3 N–H and O–H groups in total. The fraction of sp³-hybridized carbons (Fsp3) is 0.471. The van der Waals surface area contributed by atoms with E-state index in [0.717, 1.165) is 5.70 Å². The summed E-state index contributed by atoms with van der Waals surface area (Å²) in [7, 11) is 0. The predicted octanol–water partition coefficient (Wildman–Crippen LogP) is 1.39. The van der Waals surface area contributed by atoms with Gasteiger partial charge in [0.1, 0.15) is 11.9 Å². The molecule has 0 saturated carbocycles. The summed E-state index contributed by atoms with van der Waals surface area (Å²) >= 11 is 0. The third-order valence-corrected chi connectivity index (χ3v) is 4.95. The number of nitrogens with one attached hydrogen (secondary N) is 3. The van der Waals surface area contributed by atoms with Crippen LogP contribution in [0.3, 0.4) is 0 Å². The van der Waals surface area contributed by atoms with Crippen LogP contribution in [-0.2, 0) is 9.59 Å². The molecular weight excluding hydrogens is 310 g/mol. The second-order valence-corrected chi connectivity index (χ2v) is 7.44. The van der Waals surface area contributed by atoms with E-state index in [1.54, 1.807) is 12.1 Å². The zero-order chi connectivity index (χ0) is 17.1. The third-order valence-electron chi connectivity index (χ3n) is 4.95. The zero-order valence-corrected chi connectivity index (χ0v) is 13.5. The SMILES string of the molecule is CC1(C)CC(=O)C2=C(C1)NC1NC(=O)NC(=O)C1C2c1ccco1. The van der Waals surface area contributed by atoms with Crippen molar-refractivity contribution in [1.82, 2.24) is 16.0 Å². The highest BCUT2D eigenvalue weighted by Crippen LogP contribution is 2.47. The average Bonchev–Trinajstić information content (AvgIpc) is 2.96. The number of urea groups is 1. The largest absolute Gasteiger partial charge is 0.469 e. The Morgan fingerprint density at radius 2 is 1.96 bits per heavy atom. The maximum atomic E-state index is 12.8. The zero-order valence-electron chi connectivity index (χ0n) is 13.5. The van der Waals surface area contributed by atoms with Crippen LogP contribution >= 0.6 is 0 Å². The van der Waals surface area contributed by atoms with E-state index in [1.165, 1.54) is 6.26 Å². The first kappa shape index (κ1) is 15.0. The van der Waals surface area contributed by atoms with Gasteiger partial charge in [-0.05, 0) is 24.0 Å². The molecule has 4 rings (SSSR count). The summed E-state index contributed by atoms with van der Waals surface area (Å²) in [5, 5.41) is 8.26. The van der Waals surface area contributed by atoms with Crippen molar-refractivity contribution in [3.8, 4) is 0 Å².